The van der Waals surface area contributed by atoms with Crippen LogP contribution in [-0.4, -0.2) is 11.4 Å². The first-order chi connectivity index (χ1) is 8.54. The molecule has 2 rings (SSSR count). The number of benzene rings is 1. The van der Waals surface area contributed by atoms with Crippen molar-refractivity contribution in [2.75, 3.05) is 6.54 Å². The number of hydrogen-bond acceptors (Lipinski definition) is 1. The molecule has 1 nitrogen and oxygen atoms in total. The summed E-state index contributed by atoms with van der Waals surface area (Å²) < 4.78 is 14.1. The van der Waals surface area contributed by atoms with E-state index in [-0.39, 0.29) is 38.5 Å². The molecule has 1 heterocycles. The van der Waals surface area contributed by atoms with Gasteiger partial charge in [0.05, 0.1) is 0 Å². The van der Waals surface area contributed by atoms with E-state index < -0.39 is 0 Å². The quantitative estimate of drug-likeness (QED) is 0.670. The fourth-order valence-corrected chi connectivity index (χ4v) is 2.35. The predicted octanol–water partition coefficient (Wildman–Crippen LogP) is 4.40. The van der Waals surface area contributed by atoms with E-state index in [4.69, 9.17) is 0 Å². The SMILES string of the molecule is C=C1C(Br)=C[C-]=C(c2ccc(F)cc2C)N1CC.[Y]. The number of allylic oxidation sites excluding steroid dienone is 3. The van der Waals surface area contributed by atoms with Crippen LogP contribution in [0.4, 0.5) is 4.39 Å². The molecule has 0 aliphatic carbocycles. The molecule has 1 aliphatic rings. The number of hydrogen-bond donors (Lipinski definition) is 0. The van der Waals surface area contributed by atoms with Gasteiger partial charge >= 0.3 is 0 Å². The van der Waals surface area contributed by atoms with Crippen molar-refractivity contribution in [1.29, 1.82) is 0 Å². The maximum Gasteiger partial charge on any atom is 0.121 e. The van der Waals surface area contributed by atoms with Crippen molar-refractivity contribution in [2.45, 2.75) is 13.8 Å². The van der Waals surface area contributed by atoms with E-state index in [1.165, 1.54) is 12.1 Å². The molecule has 0 atom stereocenters. The maximum absolute atomic E-state index is 13.2. The van der Waals surface area contributed by atoms with Gasteiger partial charge in [0.2, 0.25) is 0 Å². The normalized spacial score (nSPS) is 14.7. The van der Waals surface area contributed by atoms with Gasteiger partial charge in [-0.1, -0.05) is 34.8 Å². The second-order valence-electron chi connectivity index (χ2n) is 4.14. The van der Waals surface area contributed by atoms with Gasteiger partial charge in [0.25, 0.3) is 0 Å². The van der Waals surface area contributed by atoms with Crippen LogP contribution in [0.15, 0.2) is 41.0 Å². The molecule has 0 N–H and O–H groups in total. The minimum absolute atomic E-state index is 0. The van der Waals surface area contributed by atoms with E-state index in [1.54, 1.807) is 6.07 Å². The molecule has 0 saturated carbocycles. The Morgan fingerprint density at radius 1 is 1.42 bits per heavy atom. The number of halogens is 2. The Bertz CT molecular complexity index is 563. The van der Waals surface area contributed by atoms with Gasteiger partial charge in [0.15, 0.2) is 0 Å². The predicted molar refractivity (Wildman–Crippen MR) is 76.3 cm³/mol. The Balaban J connectivity index is 0.00000180. The zero-order valence-corrected chi connectivity index (χ0v) is 15.4. The van der Waals surface area contributed by atoms with Crippen molar-refractivity contribution < 1.29 is 37.1 Å². The zero-order valence-electron chi connectivity index (χ0n) is 11.0. The van der Waals surface area contributed by atoms with Gasteiger partial charge in [-0.3, -0.25) is 0 Å². The molecule has 0 bridgehead atoms. The van der Waals surface area contributed by atoms with Gasteiger partial charge < -0.3 is 4.90 Å². The third-order valence-corrected chi connectivity index (χ3v) is 3.65. The first kappa shape index (κ1) is 16.8. The smallest absolute Gasteiger partial charge is 0.121 e. The van der Waals surface area contributed by atoms with Crippen LogP contribution < -0.4 is 0 Å². The molecule has 1 aliphatic heterocycles. The number of nitrogens with zero attached hydrogens (tertiary/aromatic N) is 1. The van der Waals surface area contributed by atoms with Crippen LogP contribution in [-0.2, 0) is 32.7 Å². The van der Waals surface area contributed by atoms with Crippen LogP contribution in [0, 0.1) is 18.8 Å². The van der Waals surface area contributed by atoms with Crippen LogP contribution in [0.2, 0.25) is 0 Å². The second-order valence-corrected chi connectivity index (χ2v) is 4.99. The van der Waals surface area contributed by atoms with Crippen molar-refractivity contribution >= 4 is 21.6 Å². The Kier molecular flexibility index (Phi) is 6.16. The van der Waals surface area contributed by atoms with Crippen LogP contribution in [0.5, 0.6) is 0 Å². The average molecular weight is 396 g/mol. The van der Waals surface area contributed by atoms with Crippen LogP contribution in [0.25, 0.3) is 5.70 Å². The summed E-state index contributed by atoms with van der Waals surface area (Å²) in [7, 11) is 0. The Hall–Kier alpha value is -0.246. The summed E-state index contributed by atoms with van der Waals surface area (Å²) in [6.45, 7) is 8.79. The molecule has 0 amide bonds. The molecule has 0 fully saturated rings. The fraction of sp³-hybridized carbons (Fsp3) is 0.200. The molecule has 0 aromatic heterocycles. The van der Waals surface area contributed by atoms with E-state index in [2.05, 4.69) is 40.4 Å². The summed E-state index contributed by atoms with van der Waals surface area (Å²) in [4.78, 5) is 2.06. The fourth-order valence-electron chi connectivity index (χ4n) is 2.02. The molecule has 0 saturated heterocycles. The second kappa shape index (κ2) is 6.96. The van der Waals surface area contributed by atoms with Crippen molar-refractivity contribution in [1.82, 2.24) is 4.90 Å². The molecule has 97 valence electrons. The summed E-state index contributed by atoms with van der Waals surface area (Å²) in [5, 5.41) is 0. The van der Waals surface area contributed by atoms with E-state index in [0.29, 0.717) is 0 Å². The molecule has 19 heavy (non-hydrogen) atoms. The molecule has 1 radical (unpaired) electrons. The summed E-state index contributed by atoms with van der Waals surface area (Å²) in [6, 6.07) is 4.80. The topological polar surface area (TPSA) is 3.24 Å². The Labute approximate surface area is 147 Å². The first-order valence-corrected chi connectivity index (χ1v) is 6.56. The summed E-state index contributed by atoms with van der Waals surface area (Å²) in [6.07, 6.45) is 5.08. The number of aryl methyl sites for hydroxylation is 1. The minimum Gasteiger partial charge on any atom is -0.375 e. The first-order valence-electron chi connectivity index (χ1n) is 5.77. The zero-order chi connectivity index (χ0) is 13.3. The van der Waals surface area contributed by atoms with E-state index in [0.717, 1.165) is 33.5 Å². The van der Waals surface area contributed by atoms with E-state index >= 15 is 0 Å². The van der Waals surface area contributed by atoms with Crippen molar-refractivity contribution in [2.24, 2.45) is 0 Å². The molecule has 1 aromatic carbocycles. The van der Waals surface area contributed by atoms with E-state index in [9.17, 15) is 4.39 Å². The molecule has 1 aromatic rings. The van der Waals surface area contributed by atoms with E-state index in [1.807, 2.05) is 13.0 Å². The Morgan fingerprint density at radius 2 is 2.11 bits per heavy atom. The van der Waals surface area contributed by atoms with Crippen LogP contribution >= 0.6 is 15.9 Å². The number of likely N-dealkylation sites (N-methyl/N-ethyl adjacent to an activating group) is 1. The van der Waals surface area contributed by atoms with Gasteiger partial charge in [-0.05, 0) is 24.8 Å². The maximum atomic E-state index is 13.2. The standard InChI is InChI=1S/C15H14BrFN.Y/c1-4-18-11(3)14(16)7-8-15(18)13-6-5-12(17)9-10(13)2;/h5-7,9H,3-4H2,1-2H3;/q-1;. The monoisotopic (exact) mass is 395 g/mol. The molecular formula is C15H14BrFNY-. The molecule has 4 heteroatoms. The average Bonchev–Trinajstić information content (AvgIpc) is 2.33. The van der Waals surface area contributed by atoms with Crippen molar-refractivity contribution in [3.63, 3.8) is 0 Å². The van der Waals surface area contributed by atoms with Gasteiger partial charge in [0, 0.05) is 39.3 Å². The summed E-state index contributed by atoms with van der Waals surface area (Å²) >= 11 is 3.45. The van der Waals surface area contributed by atoms with Crippen LogP contribution in [0.1, 0.15) is 18.1 Å². The number of rotatable bonds is 2. The molecular weight excluding hydrogens is 382 g/mol. The Morgan fingerprint density at radius 3 is 2.68 bits per heavy atom. The van der Waals surface area contributed by atoms with Gasteiger partial charge in [-0.2, -0.15) is 12.2 Å². The largest absolute Gasteiger partial charge is 0.375 e. The van der Waals surface area contributed by atoms with Crippen molar-refractivity contribution in [3.05, 3.63) is 64.1 Å². The molecule has 0 unspecified atom stereocenters. The van der Waals surface area contributed by atoms with Gasteiger partial charge in [-0.15, -0.1) is 22.0 Å². The summed E-state index contributed by atoms with van der Waals surface area (Å²) in [5.41, 5.74) is 3.71. The minimum atomic E-state index is -0.216. The van der Waals surface area contributed by atoms with Crippen LogP contribution in [0.3, 0.4) is 0 Å². The molecule has 0 spiro atoms. The van der Waals surface area contributed by atoms with Crippen molar-refractivity contribution in [3.8, 4) is 0 Å². The van der Waals surface area contributed by atoms with Gasteiger partial charge in [-0.25, -0.2) is 4.39 Å². The third-order valence-electron chi connectivity index (χ3n) is 2.97. The third kappa shape index (κ3) is 3.45. The van der Waals surface area contributed by atoms with Gasteiger partial charge in [0.1, 0.15) is 5.82 Å². The summed E-state index contributed by atoms with van der Waals surface area (Å²) in [5.74, 6) is -0.216.